The average molecular weight is 506 g/mol. The molecule has 1 amide bonds. The third kappa shape index (κ3) is 4.47. The molecule has 0 aromatic heterocycles. The number of carbonyl (C=O) groups is 1. The fourth-order valence-corrected chi connectivity index (χ4v) is 4.74. The van der Waals surface area contributed by atoms with Crippen LogP contribution in [0.25, 0.3) is 0 Å². The molecule has 1 aliphatic heterocycles. The smallest absolute Gasteiger partial charge is 0.246 e. The molecule has 6 nitrogen and oxygen atoms in total. The molecule has 6 heteroatoms. The summed E-state index contributed by atoms with van der Waals surface area (Å²) in [5.74, 6) is 9.03. The SMILES string of the molecule is C#CCOc1cc(C2(c3ccc(OCC#C)c(OCC#C)c3)C(=O)N(C)c3ccccc32)ccc1OCC. The van der Waals surface area contributed by atoms with E-state index >= 15 is 0 Å². The van der Waals surface area contributed by atoms with Crippen LogP contribution in [0, 0.1) is 37.0 Å². The van der Waals surface area contributed by atoms with Crippen LogP contribution in [0.15, 0.2) is 60.7 Å². The monoisotopic (exact) mass is 505 g/mol. The lowest BCUT2D eigenvalue weighted by Crippen LogP contribution is -2.40. The molecule has 3 aromatic rings. The van der Waals surface area contributed by atoms with E-state index in [2.05, 4.69) is 17.8 Å². The summed E-state index contributed by atoms with van der Waals surface area (Å²) in [7, 11) is 1.76. The molecular weight excluding hydrogens is 478 g/mol. The summed E-state index contributed by atoms with van der Waals surface area (Å²) in [4.78, 5) is 15.9. The van der Waals surface area contributed by atoms with Gasteiger partial charge in [0.15, 0.2) is 23.0 Å². The summed E-state index contributed by atoms with van der Waals surface area (Å²) < 4.78 is 23.1. The second kappa shape index (κ2) is 11.4. The van der Waals surface area contributed by atoms with Gasteiger partial charge in [-0.15, -0.1) is 19.3 Å². The third-order valence-corrected chi connectivity index (χ3v) is 6.28. The van der Waals surface area contributed by atoms with Crippen LogP contribution in [0.3, 0.4) is 0 Å². The molecule has 0 bridgehead atoms. The van der Waals surface area contributed by atoms with Crippen molar-refractivity contribution >= 4 is 11.6 Å². The van der Waals surface area contributed by atoms with Gasteiger partial charge in [-0.2, -0.15) is 0 Å². The van der Waals surface area contributed by atoms with E-state index in [9.17, 15) is 4.79 Å². The molecule has 0 saturated heterocycles. The van der Waals surface area contributed by atoms with Crippen molar-refractivity contribution in [2.45, 2.75) is 12.3 Å². The number of ether oxygens (including phenoxy) is 4. The fraction of sp³-hybridized carbons (Fsp3) is 0.219. The summed E-state index contributed by atoms with van der Waals surface area (Å²) in [5, 5.41) is 0. The number of carbonyl (C=O) groups excluding carboxylic acids is 1. The van der Waals surface area contributed by atoms with Crippen molar-refractivity contribution in [3.63, 3.8) is 0 Å². The first-order chi connectivity index (χ1) is 18.5. The van der Waals surface area contributed by atoms with Gasteiger partial charge in [-0.05, 0) is 48.4 Å². The van der Waals surface area contributed by atoms with Crippen LogP contribution >= 0.6 is 0 Å². The van der Waals surface area contributed by atoms with Gasteiger partial charge in [-0.3, -0.25) is 4.79 Å². The maximum absolute atomic E-state index is 14.3. The maximum Gasteiger partial charge on any atom is 0.246 e. The van der Waals surface area contributed by atoms with Gasteiger partial charge in [-0.25, -0.2) is 0 Å². The number of anilines is 1. The Balaban J connectivity index is 2.00. The van der Waals surface area contributed by atoms with Gasteiger partial charge in [-0.1, -0.05) is 48.1 Å². The van der Waals surface area contributed by atoms with Crippen LogP contribution in [-0.2, 0) is 10.2 Å². The van der Waals surface area contributed by atoms with E-state index in [0.717, 1.165) is 11.3 Å². The average Bonchev–Trinajstić information content (AvgIpc) is 3.17. The molecule has 1 heterocycles. The predicted octanol–water partition coefficient (Wildman–Crippen LogP) is 4.43. The molecule has 1 atom stereocenters. The molecule has 0 fully saturated rings. The molecule has 0 radical (unpaired) electrons. The van der Waals surface area contributed by atoms with Crippen LogP contribution in [0.2, 0.25) is 0 Å². The molecule has 3 aromatic carbocycles. The Labute approximate surface area is 223 Å². The maximum atomic E-state index is 14.3. The van der Waals surface area contributed by atoms with Crippen LogP contribution in [-0.4, -0.2) is 39.4 Å². The quantitative estimate of drug-likeness (QED) is 0.382. The highest BCUT2D eigenvalue weighted by Crippen LogP contribution is 2.52. The van der Waals surface area contributed by atoms with Crippen molar-refractivity contribution in [3.05, 3.63) is 77.4 Å². The zero-order valence-corrected chi connectivity index (χ0v) is 21.3. The molecule has 0 aliphatic carbocycles. The number of benzene rings is 3. The first-order valence-corrected chi connectivity index (χ1v) is 12.0. The van der Waals surface area contributed by atoms with Gasteiger partial charge in [0.25, 0.3) is 0 Å². The largest absolute Gasteiger partial charge is 0.490 e. The summed E-state index contributed by atoms with van der Waals surface area (Å²) >= 11 is 0. The number of hydrogen-bond acceptors (Lipinski definition) is 5. The Morgan fingerprint density at radius 1 is 0.737 bits per heavy atom. The second-order valence-corrected chi connectivity index (χ2v) is 8.37. The van der Waals surface area contributed by atoms with Crippen molar-refractivity contribution in [2.24, 2.45) is 0 Å². The first kappa shape index (κ1) is 26.1. The lowest BCUT2D eigenvalue weighted by Gasteiger charge is -2.31. The zero-order chi connectivity index (χ0) is 27.1. The lowest BCUT2D eigenvalue weighted by atomic mass is 9.70. The van der Waals surface area contributed by atoms with Crippen LogP contribution < -0.4 is 23.8 Å². The van der Waals surface area contributed by atoms with Crippen LogP contribution in [0.4, 0.5) is 5.69 Å². The summed E-state index contributed by atoms with van der Waals surface area (Å²) in [6.07, 6.45) is 16.3. The van der Waals surface area contributed by atoms with E-state index < -0.39 is 5.41 Å². The Hall–Kier alpha value is -4.99. The van der Waals surface area contributed by atoms with Crippen molar-refractivity contribution in [3.8, 4) is 60.0 Å². The van der Waals surface area contributed by atoms with Gasteiger partial charge in [0.05, 0.1) is 6.61 Å². The molecule has 190 valence electrons. The molecule has 1 aliphatic rings. The minimum absolute atomic E-state index is 0.0143. The Morgan fingerprint density at radius 3 is 1.76 bits per heavy atom. The highest BCUT2D eigenvalue weighted by Gasteiger charge is 2.52. The number of hydrogen-bond donors (Lipinski definition) is 0. The van der Waals surface area contributed by atoms with E-state index in [1.165, 1.54) is 0 Å². The standard InChI is InChI=1S/C32H27NO5/c1-6-18-36-28-17-15-24(22-30(28)38-20-8-3)32(25-12-10-11-13-26(25)33(5)31(32)34)23-14-16-27(35-9-4)29(21-23)37-19-7-2/h1-3,10-17,21-22H,9,18-20H2,4-5H3. The molecule has 0 spiro atoms. The van der Waals surface area contributed by atoms with E-state index in [-0.39, 0.29) is 25.7 Å². The summed E-state index contributed by atoms with van der Waals surface area (Å²) in [6, 6.07) is 18.5. The normalized spacial score (nSPS) is 15.6. The number of para-hydroxylation sites is 1. The van der Waals surface area contributed by atoms with E-state index in [1.807, 2.05) is 43.3 Å². The number of likely N-dealkylation sites (N-methyl/N-ethyl adjacent to an activating group) is 1. The molecule has 0 N–H and O–H groups in total. The number of amides is 1. The van der Waals surface area contributed by atoms with Crippen molar-refractivity contribution < 1.29 is 23.7 Å². The summed E-state index contributed by atoms with van der Waals surface area (Å²) in [5.41, 5.74) is 1.70. The molecule has 1 unspecified atom stereocenters. The third-order valence-electron chi connectivity index (χ3n) is 6.28. The fourth-order valence-electron chi connectivity index (χ4n) is 4.74. The van der Waals surface area contributed by atoms with Gasteiger partial charge >= 0.3 is 0 Å². The van der Waals surface area contributed by atoms with Crippen molar-refractivity contribution in [2.75, 3.05) is 38.4 Å². The predicted molar refractivity (Wildman–Crippen MR) is 147 cm³/mol. The molecule has 38 heavy (non-hydrogen) atoms. The second-order valence-electron chi connectivity index (χ2n) is 8.37. The lowest BCUT2D eigenvalue weighted by molar-refractivity contribution is -0.120. The molecular formula is C32H27NO5. The van der Waals surface area contributed by atoms with Gasteiger partial charge in [0.2, 0.25) is 5.91 Å². The van der Waals surface area contributed by atoms with Crippen molar-refractivity contribution in [1.29, 1.82) is 0 Å². The van der Waals surface area contributed by atoms with Gasteiger partial charge < -0.3 is 23.8 Å². The van der Waals surface area contributed by atoms with E-state index in [1.54, 1.807) is 36.2 Å². The number of fused-ring (bicyclic) bond motifs is 1. The van der Waals surface area contributed by atoms with Crippen LogP contribution in [0.1, 0.15) is 23.6 Å². The molecule has 0 saturated carbocycles. The number of rotatable bonds is 10. The van der Waals surface area contributed by atoms with Gasteiger partial charge in [0.1, 0.15) is 25.2 Å². The van der Waals surface area contributed by atoms with Gasteiger partial charge in [0, 0.05) is 18.3 Å². The summed E-state index contributed by atoms with van der Waals surface area (Å²) in [6.45, 7) is 2.44. The Kier molecular flexibility index (Phi) is 7.81. The number of nitrogens with zero attached hydrogens (tertiary/aromatic N) is 1. The van der Waals surface area contributed by atoms with Crippen molar-refractivity contribution in [1.82, 2.24) is 0 Å². The first-order valence-electron chi connectivity index (χ1n) is 12.0. The Morgan fingerprint density at radius 2 is 1.24 bits per heavy atom. The number of terminal acetylenes is 3. The minimum Gasteiger partial charge on any atom is -0.490 e. The topological polar surface area (TPSA) is 57.2 Å². The minimum atomic E-state index is -1.23. The van der Waals surface area contributed by atoms with Crippen LogP contribution in [0.5, 0.6) is 23.0 Å². The highest BCUT2D eigenvalue weighted by atomic mass is 16.5. The zero-order valence-electron chi connectivity index (χ0n) is 21.3. The molecule has 4 rings (SSSR count). The Bertz CT molecular complexity index is 1470. The highest BCUT2D eigenvalue weighted by molar-refractivity contribution is 6.12. The van der Waals surface area contributed by atoms with E-state index in [0.29, 0.717) is 40.7 Å². The van der Waals surface area contributed by atoms with E-state index in [4.69, 9.17) is 38.2 Å².